The van der Waals surface area contributed by atoms with Crippen LogP contribution in [0.25, 0.3) is 0 Å². The van der Waals surface area contributed by atoms with Crippen LogP contribution in [0.3, 0.4) is 0 Å². The van der Waals surface area contributed by atoms with E-state index < -0.39 is 35.8 Å². The molecule has 0 saturated heterocycles. The van der Waals surface area contributed by atoms with E-state index in [9.17, 15) is 23.1 Å². The molecule has 2 rings (SSSR count). The van der Waals surface area contributed by atoms with Crippen LogP contribution in [-0.2, 0) is 0 Å². The number of alkyl halides is 3. The molecule has 0 aromatic carbocycles. The number of carboxylic acid groups (broad SMARTS) is 1. The third kappa shape index (κ3) is 2.98. The van der Waals surface area contributed by atoms with Gasteiger partial charge in [-0.15, -0.1) is 0 Å². The average molecular weight is 292 g/mol. The van der Waals surface area contributed by atoms with Crippen molar-refractivity contribution in [1.29, 1.82) is 0 Å². The number of hydrogen-bond donors (Lipinski definition) is 2. The minimum Gasteiger partial charge on any atom is -0.475 e. The van der Waals surface area contributed by atoms with Crippen LogP contribution >= 0.6 is 0 Å². The zero-order valence-corrected chi connectivity index (χ0v) is 10.6. The number of furan rings is 1. The highest BCUT2D eigenvalue weighted by Gasteiger charge is 2.48. The summed E-state index contributed by atoms with van der Waals surface area (Å²) in [5, 5.41) is 18.8. The van der Waals surface area contributed by atoms with Gasteiger partial charge in [0.25, 0.3) is 0 Å². The molecule has 0 radical (unpaired) electrons. The van der Waals surface area contributed by atoms with E-state index in [0.717, 1.165) is 6.07 Å². The van der Waals surface area contributed by atoms with Gasteiger partial charge in [0.2, 0.25) is 5.76 Å². The van der Waals surface area contributed by atoms with E-state index in [1.807, 2.05) is 0 Å². The first-order valence-corrected chi connectivity index (χ1v) is 6.38. The second-order valence-corrected chi connectivity index (χ2v) is 5.05. The molecule has 0 spiro atoms. The lowest BCUT2D eigenvalue weighted by Gasteiger charge is -2.35. The molecule has 1 aromatic rings. The second kappa shape index (κ2) is 5.47. The first kappa shape index (κ1) is 14.9. The highest BCUT2D eigenvalue weighted by molar-refractivity contribution is 5.84. The first-order valence-electron chi connectivity index (χ1n) is 6.38. The maximum atomic E-state index is 13.0. The van der Waals surface area contributed by atoms with Crippen molar-refractivity contribution < 1.29 is 32.6 Å². The fourth-order valence-electron chi connectivity index (χ4n) is 2.78. The summed E-state index contributed by atoms with van der Waals surface area (Å²) in [4.78, 5) is 10.7. The normalized spacial score (nSPS) is 25.4. The van der Waals surface area contributed by atoms with Gasteiger partial charge in [0.15, 0.2) is 0 Å². The molecular formula is C13H15F3O4. The summed E-state index contributed by atoms with van der Waals surface area (Å²) in [5.41, 5.74) is 0. The molecule has 1 fully saturated rings. The predicted molar refractivity (Wildman–Crippen MR) is 62.1 cm³/mol. The Morgan fingerprint density at radius 3 is 2.50 bits per heavy atom. The van der Waals surface area contributed by atoms with Crippen molar-refractivity contribution in [2.45, 2.75) is 38.0 Å². The largest absolute Gasteiger partial charge is 0.475 e. The van der Waals surface area contributed by atoms with Gasteiger partial charge in [-0.25, -0.2) is 4.79 Å². The molecule has 1 saturated carbocycles. The van der Waals surface area contributed by atoms with Crippen molar-refractivity contribution in [3.8, 4) is 0 Å². The summed E-state index contributed by atoms with van der Waals surface area (Å²) in [5.74, 6) is -4.40. The molecule has 1 heterocycles. The molecule has 20 heavy (non-hydrogen) atoms. The molecule has 0 aliphatic heterocycles. The van der Waals surface area contributed by atoms with Gasteiger partial charge in [-0.3, -0.25) is 0 Å². The van der Waals surface area contributed by atoms with Crippen molar-refractivity contribution >= 4 is 5.97 Å². The fraction of sp³-hybridized carbons (Fsp3) is 0.615. The Kier molecular flexibility index (Phi) is 4.08. The predicted octanol–water partition coefficient (Wildman–Crippen LogP) is 3.38. The summed E-state index contributed by atoms with van der Waals surface area (Å²) in [6.45, 7) is 0. The highest BCUT2D eigenvalue weighted by atomic mass is 19.4. The summed E-state index contributed by atoms with van der Waals surface area (Å²) < 4.78 is 43.8. The Morgan fingerprint density at radius 1 is 1.30 bits per heavy atom. The number of hydrogen-bond acceptors (Lipinski definition) is 3. The Labute approximate surface area is 113 Å². The van der Waals surface area contributed by atoms with Crippen molar-refractivity contribution in [3.05, 3.63) is 23.7 Å². The number of rotatable bonds is 3. The van der Waals surface area contributed by atoms with Gasteiger partial charge >= 0.3 is 12.1 Å². The molecule has 4 nitrogen and oxygen atoms in total. The van der Waals surface area contributed by atoms with Gasteiger partial charge in [0.05, 0.1) is 5.92 Å². The fourth-order valence-corrected chi connectivity index (χ4v) is 2.78. The Balaban J connectivity index is 2.20. The topological polar surface area (TPSA) is 70.7 Å². The summed E-state index contributed by atoms with van der Waals surface area (Å²) in [7, 11) is 0. The third-order valence-corrected chi connectivity index (χ3v) is 3.77. The molecule has 1 aliphatic carbocycles. The van der Waals surface area contributed by atoms with E-state index in [-0.39, 0.29) is 18.6 Å². The van der Waals surface area contributed by atoms with Gasteiger partial charge in [0.1, 0.15) is 11.9 Å². The minimum atomic E-state index is -4.37. The molecule has 3 atom stereocenters. The minimum absolute atomic E-state index is 0.0161. The van der Waals surface area contributed by atoms with Gasteiger partial charge in [-0.05, 0) is 25.0 Å². The Hall–Kier alpha value is -1.50. The van der Waals surface area contributed by atoms with Crippen LogP contribution in [0, 0.1) is 11.8 Å². The SMILES string of the molecule is O=C(O)c1ccc(C(O)C2CCCCC2C(F)(F)F)o1. The van der Waals surface area contributed by atoms with Crippen LogP contribution in [-0.4, -0.2) is 22.4 Å². The monoisotopic (exact) mass is 292 g/mol. The lowest BCUT2D eigenvalue weighted by Crippen LogP contribution is -2.36. The van der Waals surface area contributed by atoms with Crippen LogP contribution < -0.4 is 0 Å². The van der Waals surface area contributed by atoms with E-state index in [4.69, 9.17) is 9.52 Å². The van der Waals surface area contributed by atoms with E-state index in [1.54, 1.807) is 0 Å². The summed E-state index contributed by atoms with van der Waals surface area (Å²) >= 11 is 0. The van der Waals surface area contributed by atoms with Gasteiger partial charge in [-0.2, -0.15) is 13.2 Å². The molecule has 7 heteroatoms. The van der Waals surface area contributed by atoms with Crippen molar-refractivity contribution in [2.75, 3.05) is 0 Å². The van der Waals surface area contributed by atoms with Crippen molar-refractivity contribution in [1.82, 2.24) is 0 Å². The van der Waals surface area contributed by atoms with Gasteiger partial charge < -0.3 is 14.6 Å². The van der Waals surface area contributed by atoms with Crippen LogP contribution in [0.4, 0.5) is 13.2 Å². The molecule has 112 valence electrons. The van der Waals surface area contributed by atoms with Gasteiger partial charge in [0, 0.05) is 5.92 Å². The molecule has 0 bridgehead atoms. The number of halogens is 3. The van der Waals surface area contributed by atoms with Gasteiger partial charge in [-0.1, -0.05) is 12.8 Å². The lowest BCUT2D eigenvalue weighted by atomic mass is 9.75. The van der Waals surface area contributed by atoms with E-state index >= 15 is 0 Å². The summed E-state index contributed by atoms with van der Waals surface area (Å²) in [6, 6.07) is 2.35. The van der Waals surface area contributed by atoms with Crippen LogP contribution in [0.15, 0.2) is 16.5 Å². The molecule has 3 unspecified atom stereocenters. The molecule has 1 aromatic heterocycles. The number of aromatic carboxylic acids is 1. The molecule has 1 aliphatic rings. The Bertz CT molecular complexity index is 480. The number of aliphatic hydroxyl groups is 1. The smallest absolute Gasteiger partial charge is 0.392 e. The maximum Gasteiger partial charge on any atom is 0.392 e. The average Bonchev–Trinajstić information content (AvgIpc) is 2.86. The first-order chi connectivity index (χ1) is 9.30. The standard InChI is InChI=1S/C13H15F3O4/c14-13(15,16)8-4-2-1-3-7(8)11(17)9-5-6-10(20-9)12(18)19/h5-8,11,17H,1-4H2,(H,18,19). The quantitative estimate of drug-likeness (QED) is 0.896. The van der Waals surface area contributed by atoms with Crippen molar-refractivity contribution in [3.63, 3.8) is 0 Å². The van der Waals surface area contributed by atoms with E-state index in [0.29, 0.717) is 12.8 Å². The zero-order chi connectivity index (χ0) is 14.9. The second-order valence-electron chi connectivity index (χ2n) is 5.05. The van der Waals surface area contributed by atoms with Crippen molar-refractivity contribution in [2.24, 2.45) is 11.8 Å². The number of aliphatic hydroxyl groups excluding tert-OH is 1. The summed E-state index contributed by atoms with van der Waals surface area (Å²) in [6.07, 6.45) is -4.48. The highest BCUT2D eigenvalue weighted by Crippen LogP contribution is 2.46. The molecular weight excluding hydrogens is 277 g/mol. The lowest BCUT2D eigenvalue weighted by molar-refractivity contribution is -0.208. The number of carboxylic acids is 1. The molecule has 0 amide bonds. The number of carbonyl (C=O) groups is 1. The van der Waals surface area contributed by atoms with E-state index in [1.165, 1.54) is 6.07 Å². The van der Waals surface area contributed by atoms with Crippen LogP contribution in [0.5, 0.6) is 0 Å². The third-order valence-electron chi connectivity index (χ3n) is 3.77. The van der Waals surface area contributed by atoms with Crippen LogP contribution in [0.2, 0.25) is 0 Å². The molecule has 2 N–H and O–H groups in total. The van der Waals surface area contributed by atoms with E-state index in [2.05, 4.69) is 0 Å². The van der Waals surface area contributed by atoms with Crippen LogP contribution in [0.1, 0.15) is 48.1 Å². The Morgan fingerprint density at radius 2 is 1.95 bits per heavy atom. The zero-order valence-electron chi connectivity index (χ0n) is 10.6. The maximum absolute atomic E-state index is 13.0.